The summed E-state index contributed by atoms with van der Waals surface area (Å²) in [6.07, 6.45) is 3.62. The van der Waals surface area contributed by atoms with Crippen LogP contribution in [0.25, 0.3) is 11.4 Å². The maximum atomic E-state index is 4.29. The standard InChI is InChI=1S/C9H8N3.Ga/c1-7-2-4-10-9(6-7)8-3-5-11-12-8;/h2-6H,1H3;/q-1;+1. The molecule has 0 spiro atoms. The minimum atomic E-state index is 0.988. The van der Waals surface area contributed by atoms with Gasteiger partial charge in [-0.05, 0) is 0 Å². The number of aryl methyl sites for hydroxylation is 1. The van der Waals surface area contributed by atoms with E-state index in [2.05, 4.69) is 23.1 Å². The molecule has 0 saturated carbocycles. The molecule has 13 heavy (non-hydrogen) atoms. The Kier molecular flexibility index (Phi) is 2.24. The Morgan fingerprint density at radius 2 is 2.15 bits per heavy atom. The summed E-state index contributed by atoms with van der Waals surface area (Å²) in [5, 5.41) is 4.13. The summed E-state index contributed by atoms with van der Waals surface area (Å²) >= 11 is 1.46. The molecule has 0 bridgehead atoms. The minimum absolute atomic E-state index is 0.988. The van der Waals surface area contributed by atoms with E-state index >= 15 is 0 Å². The Morgan fingerprint density at radius 3 is 2.77 bits per heavy atom. The Balaban J connectivity index is 2.53. The summed E-state index contributed by atoms with van der Waals surface area (Å²) in [6.45, 7) is 2.06. The van der Waals surface area contributed by atoms with Gasteiger partial charge in [-0.15, -0.1) is 0 Å². The van der Waals surface area contributed by atoms with E-state index in [0.717, 1.165) is 11.4 Å². The van der Waals surface area contributed by atoms with Crippen LogP contribution in [0.15, 0.2) is 30.6 Å². The van der Waals surface area contributed by atoms with Crippen LogP contribution in [0.2, 0.25) is 0 Å². The molecule has 0 aliphatic heterocycles. The van der Waals surface area contributed by atoms with Crippen LogP contribution in [-0.4, -0.2) is 32.3 Å². The van der Waals surface area contributed by atoms with E-state index in [0.29, 0.717) is 0 Å². The average Bonchev–Trinajstić information content (AvgIpc) is 2.51. The van der Waals surface area contributed by atoms with Gasteiger partial charge in [0.2, 0.25) is 0 Å². The summed E-state index contributed by atoms with van der Waals surface area (Å²) in [7, 11) is 0. The molecule has 2 rings (SSSR count). The van der Waals surface area contributed by atoms with Crippen molar-refractivity contribution in [2.24, 2.45) is 0 Å². The van der Waals surface area contributed by atoms with Gasteiger partial charge in [-0.1, -0.05) is 0 Å². The van der Waals surface area contributed by atoms with Crippen LogP contribution in [0.4, 0.5) is 0 Å². The Hall–Kier alpha value is -1.00. The molecular weight excluding hydrogens is 220 g/mol. The second kappa shape index (κ2) is 3.39. The summed E-state index contributed by atoms with van der Waals surface area (Å²) < 4.78 is 1.88. The molecule has 0 aliphatic rings. The molecule has 0 N–H and O–H groups in total. The Labute approximate surface area is 87.0 Å². The first kappa shape index (κ1) is 8.59. The first-order valence-corrected chi connectivity index (χ1v) is 5.08. The van der Waals surface area contributed by atoms with Crippen molar-refractivity contribution >= 4 is 18.8 Å². The van der Waals surface area contributed by atoms with Crippen LogP contribution in [0.5, 0.6) is 0 Å². The summed E-state index contributed by atoms with van der Waals surface area (Å²) in [4.78, 5) is 4.29. The first-order valence-electron chi connectivity index (χ1n) is 3.99. The van der Waals surface area contributed by atoms with Crippen molar-refractivity contribution in [3.8, 4) is 11.4 Å². The molecule has 0 atom stereocenters. The zero-order valence-corrected chi connectivity index (χ0v) is 9.73. The Morgan fingerprint density at radius 1 is 1.31 bits per heavy atom. The van der Waals surface area contributed by atoms with Gasteiger partial charge < -0.3 is 0 Å². The van der Waals surface area contributed by atoms with E-state index in [1.807, 2.05) is 21.7 Å². The molecule has 0 aromatic carbocycles. The number of nitrogens with zero attached hydrogens (tertiary/aromatic N) is 3. The van der Waals surface area contributed by atoms with E-state index in [9.17, 15) is 0 Å². The molecule has 2 aromatic heterocycles. The second-order valence-electron chi connectivity index (χ2n) is 2.88. The van der Waals surface area contributed by atoms with Gasteiger partial charge >= 0.3 is 86.8 Å². The SMILES string of the molecule is Cc1ccnc(-c2ccn[n]2[Ga])c1. The van der Waals surface area contributed by atoms with E-state index in [1.165, 1.54) is 24.4 Å². The van der Waals surface area contributed by atoms with Gasteiger partial charge in [0.15, 0.2) is 0 Å². The van der Waals surface area contributed by atoms with Gasteiger partial charge in [-0.2, -0.15) is 0 Å². The molecule has 2 aromatic rings. The zero-order valence-electron chi connectivity index (χ0n) is 7.31. The fraction of sp³-hybridized carbons (Fsp3) is 0.111. The monoisotopic (exact) mass is 227 g/mol. The van der Waals surface area contributed by atoms with Gasteiger partial charge in [0, 0.05) is 0 Å². The number of hydrogen-bond donors (Lipinski definition) is 0. The number of hydrogen-bond acceptors (Lipinski definition) is 2. The molecule has 0 saturated heterocycles. The quantitative estimate of drug-likeness (QED) is 0.686. The molecule has 0 aliphatic carbocycles. The first-order chi connectivity index (χ1) is 6.27. The number of rotatable bonds is 1. The van der Waals surface area contributed by atoms with Crippen molar-refractivity contribution in [3.05, 3.63) is 36.2 Å². The topological polar surface area (TPSA) is 30.7 Å². The van der Waals surface area contributed by atoms with Gasteiger partial charge in [0.1, 0.15) is 0 Å². The van der Waals surface area contributed by atoms with Crippen LogP contribution < -0.4 is 0 Å². The molecule has 0 fully saturated rings. The van der Waals surface area contributed by atoms with E-state index < -0.39 is 0 Å². The van der Waals surface area contributed by atoms with Gasteiger partial charge in [0.05, 0.1) is 0 Å². The molecule has 3 nitrogen and oxygen atoms in total. The molecule has 4 heteroatoms. The van der Waals surface area contributed by atoms with E-state index in [-0.39, 0.29) is 0 Å². The average molecular weight is 228 g/mol. The number of pyridine rings is 1. The summed E-state index contributed by atoms with van der Waals surface area (Å²) in [5.74, 6) is 0. The van der Waals surface area contributed by atoms with Crippen molar-refractivity contribution in [1.29, 1.82) is 0 Å². The van der Waals surface area contributed by atoms with Gasteiger partial charge in [-0.25, -0.2) is 0 Å². The third-order valence-electron chi connectivity index (χ3n) is 1.85. The maximum absolute atomic E-state index is 4.29. The van der Waals surface area contributed by atoms with Crippen molar-refractivity contribution in [2.75, 3.05) is 0 Å². The fourth-order valence-electron chi connectivity index (χ4n) is 1.19. The van der Waals surface area contributed by atoms with Crippen molar-refractivity contribution in [3.63, 3.8) is 0 Å². The number of aromatic nitrogens is 3. The molecule has 0 unspecified atom stereocenters. The van der Waals surface area contributed by atoms with E-state index in [4.69, 9.17) is 0 Å². The molecule has 2 heterocycles. The van der Waals surface area contributed by atoms with Gasteiger partial charge in [-0.3, -0.25) is 0 Å². The zero-order chi connectivity index (χ0) is 9.26. The summed E-state index contributed by atoms with van der Waals surface area (Å²) in [6, 6.07) is 6.03. The fourth-order valence-corrected chi connectivity index (χ4v) is 1.81. The Bertz CT molecular complexity index is 422. The van der Waals surface area contributed by atoms with Crippen LogP contribution in [-0.2, 0) is 0 Å². The predicted molar refractivity (Wildman–Crippen MR) is 51.3 cm³/mol. The van der Waals surface area contributed by atoms with Crippen molar-refractivity contribution in [1.82, 2.24) is 13.5 Å². The summed E-state index contributed by atoms with van der Waals surface area (Å²) in [5.41, 5.74) is 3.28. The van der Waals surface area contributed by atoms with E-state index in [1.54, 1.807) is 6.20 Å². The van der Waals surface area contributed by atoms with Crippen LogP contribution in [0, 0.1) is 6.92 Å². The predicted octanol–water partition coefficient (Wildman–Crippen LogP) is 1.19. The molecule has 62 valence electrons. The molecule has 2 radical (unpaired) electrons. The third kappa shape index (κ3) is 1.68. The van der Waals surface area contributed by atoms with Crippen molar-refractivity contribution < 1.29 is 0 Å². The second-order valence-corrected chi connectivity index (χ2v) is 3.91. The van der Waals surface area contributed by atoms with Crippen molar-refractivity contribution in [2.45, 2.75) is 6.92 Å². The van der Waals surface area contributed by atoms with Gasteiger partial charge in [0.25, 0.3) is 0 Å². The van der Waals surface area contributed by atoms with Crippen LogP contribution >= 0.6 is 0 Å². The third-order valence-corrected chi connectivity index (χ3v) is 2.71. The molecular formula is C9H8GaN3. The molecule has 0 amide bonds. The van der Waals surface area contributed by atoms with Crippen LogP contribution in [0.1, 0.15) is 5.56 Å². The normalized spacial score (nSPS) is 10.2. The van der Waals surface area contributed by atoms with Crippen LogP contribution in [0.3, 0.4) is 0 Å².